The van der Waals surface area contributed by atoms with Gasteiger partial charge in [0.2, 0.25) is 0 Å². The minimum Gasteiger partial charge on any atom is -0.325 e. The molecule has 3 aliphatic heterocycles. The Kier molecular flexibility index (Phi) is 6.26. The van der Waals surface area contributed by atoms with E-state index in [0.29, 0.717) is 11.2 Å². The van der Waals surface area contributed by atoms with Crippen LogP contribution in [0.3, 0.4) is 0 Å². The molecule has 0 N–H and O–H groups in total. The summed E-state index contributed by atoms with van der Waals surface area (Å²) in [5.74, 6) is 0.899. The van der Waals surface area contributed by atoms with Gasteiger partial charge in [-0.3, -0.25) is 9.05 Å². The summed E-state index contributed by atoms with van der Waals surface area (Å²) < 4.78 is 29.0. The van der Waals surface area contributed by atoms with Crippen LogP contribution in [0.4, 0.5) is 17.1 Å². The number of rotatable bonds is 4. The smallest absolute Gasteiger partial charge is 0.181 e. The highest BCUT2D eigenvalue weighted by atomic mass is 15.7. The topological polar surface area (TPSA) is 17.8 Å². The van der Waals surface area contributed by atoms with E-state index >= 15 is 0 Å². The number of fused-ring (bicyclic) bond motifs is 6. The molecule has 0 spiro atoms. The fraction of sp³-hybridized carbons (Fsp3) is 0.208. The summed E-state index contributed by atoms with van der Waals surface area (Å²) in [6, 6.07) is 53.3. The van der Waals surface area contributed by atoms with Gasteiger partial charge in [-0.15, -0.1) is 0 Å². The van der Waals surface area contributed by atoms with E-state index in [4.69, 9.17) is 9.10 Å². The molecule has 1 saturated heterocycles. The second-order valence-corrected chi connectivity index (χ2v) is 18.6. The first kappa shape index (κ1) is 31.3. The maximum absolute atomic E-state index is 8.79. The number of hydrogen-bond acceptors (Lipinski definition) is 1. The molecule has 0 radical (unpaired) electrons. The third kappa shape index (κ3) is 4.60. The second-order valence-electron chi connectivity index (χ2n) is 18.6. The van der Waals surface area contributed by atoms with Crippen LogP contribution >= 0.6 is 0 Å². The van der Waals surface area contributed by atoms with Gasteiger partial charge in [-0.05, 0) is 85.7 Å². The molecule has 0 unspecified atom stereocenters. The van der Waals surface area contributed by atoms with Crippen molar-refractivity contribution in [2.24, 2.45) is 0 Å². The van der Waals surface area contributed by atoms with Crippen molar-refractivity contribution in [3.63, 3.8) is 0 Å². The molecule has 2 bridgehead atoms. The highest BCUT2D eigenvalue weighted by Gasteiger charge is 2.60. The molecule has 0 saturated carbocycles. The Bertz CT molecular complexity index is 3030. The summed E-state index contributed by atoms with van der Waals surface area (Å²) >= 11 is 0. The molecule has 4 nitrogen and oxygen atoms in total. The Morgan fingerprint density at radius 3 is 1.98 bits per heavy atom. The van der Waals surface area contributed by atoms with Crippen molar-refractivity contribution >= 4 is 38.9 Å². The third-order valence-electron chi connectivity index (χ3n) is 13.2. The van der Waals surface area contributed by atoms with E-state index in [1.54, 1.807) is 0 Å². The average molecular weight is 745 g/mol. The molecule has 1 aliphatic carbocycles. The van der Waals surface area contributed by atoms with Crippen LogP contribution in [0, 0.1) is 6.67 Å². The number of hydrogen-bond donors (Lipinski definition) is 0. The van der Waals surface area contributed by atoms with Gasteiger partial charge in [0, 0.05) is 35.2 Å². The van der Waals surface area contributed by atoms with Crippen LogP contribution in [0.25, 0.3) is 38.8 Å². The first-order valence-corrected chi connectivity index (χ1v) is 20.2. The number of benzene rings is 6. The largest absolute Gasteiger partial charge is 0.325 e. The lowest BCUT2D eigenvalue weighted by Crippen LogP contribution is -2.68. The lowest BCUT2D eigenvalue weighted by Gasteiger charge is -2.55. The molecule has 0 amide bonds. The zero-order valence-electron chi connectivity index (χ0n) is 36.5. The van der Waals surface area contributed by atoms with Crippen LogP contribution < -0.4 is 8.97 Å². The molecule has 1 fully saturated rings. The van der Waals surface area contributed by atoms with E-state index in [9.17, 15) is 0 Å². The summed E-state index contributed by atoms with van der Waals surface area (Å²) in [6.07, 6.45) is 1.94. The van der Waals surface area contributed by atoms with Gasteiger partial charge < -0.3 is 4.48 Å². The molecule has 6 aromatic carbocycles. The Morgan fingerprint density at radius 2 is 1.26 bits per heavy atom. The normalized spacial score (nSPS) is 21.3. The Balaban J connectivity index is 1.19. The van der Waals surface area contributed by atoms with E-state index in [2.05, 4.69) is 198 Å². The van der Waals surface area contributed by atoms with Gasteiger partial charge in [-0.25, -0.2) is 4.98 Å². The zero-order valence-corrected chi connectivity index (χ0v) is 33.5. The van der Waals surface area contributed by atoms with Gasteiger partial charge in [-0.2, -0.15) is 0 Å². The standard InChI is InChI=1S/C53H49N4/c1-51(2,3)35-24-26-48-49(31-35)57(33-56(48,7)34-57)39-16-14-15-37(29-39)53(44-20-11-8-17-40(44)41-18-9-12-21-45(41)53)38-23-25-43-42-19-10-13-22-46(42)55(47(43)30-38)50-32-36(27-28-54-50)52(4,5)6/h8-33H,34H2,1-7H3/q+1/t56-,57+/m0/s1/i7D3. The van der Waals surface area contributed by atoms with Crippen LogP contribution in [-0.4, -0.2) is 23.2 Å². The number of pyridine rings is 1. The predicted octanol–water partition coefficient (Wildman–Crippen LogP) is 12.8. The van der Waals surface area contributed by atoms with Crippen molar-refractivity contribution in [1.82, 2.24) is 18.5 Å². The van der Waals surface area contributed by atoms with Crippen molar-refractivity contribution < 1.29 is 4.11 Å². The summed E-state index contributed by atoms with van der Waals surface area (Å²) in [5, 5.41) is 2.36. The monoisotopic (exact) mass is 744 g/mol. The minimum absolute atomic E-state index is 0.0417. The first-order chi connectivity index (χ1) is 28.6. The predicted molar refractivity (Wildman–Crippen MR) is 238 cm³/mol. The molecule has 280 valence electrons. The van der Waals surface area contributed by atoms with E-state index in [1.807, 2.05) is 6.20 Å². The second kappa shape index (κ2) is 11.4. The fourth-order valence-electron chi connectivity index (χ4n) is 10.3. The molecule has 4 heteroatoms. The van der Waals surface area contributed by atoms with Crippen molar-refractivity contribution in [2.75, 3.05) is 13.6 Å². The summed E-state index contributed by atoms with van der Waals surface area (Å²) in [6.45, 7) is 13.6. The molecule has 12 rings (SSSR count). The number of nitrogens with zero attached hydrogens (tertiary/aromatic N) is 4. The lowest BCUT2D eigenvalue weighted by molar-refractivity contribution is 0.157. The first-order valence-electron chi connectivity index (χ1n) is 21.7. The summed E-state index contributed by atoms with van der Waals surface area (Å²) in [5.41, 5.74) is 14.0. The number of aromatic nitrogens is 2. The van der Waals surface area contributed by atoms with E-state index in [1.165, 1.54) is 44.2 Å². The summed E-state index contributed by atoms with van der Waals surface area (Å²) in [7, 11) is 0. The van der Waals surface area contributed by atoms with E-state index < -0.39 is 12.4 Å². The Morgan fingerprint density at radius 1 is 0.614 bits per heavy atom. The van der Waals surface area contributed by atoms with Crippen LogP contribution in [0.2, 0.25) is 0 Å². The number of quaternary nitrogens is 2. The van der Waals surface area contributed by atoms with Crippen LogP contribution in [0.5, 0.6) is 0 Å². The van der Waals surface area contributed by atoms with Gasteiger partial charge in [-0.1, -0.05) is 139 Å². The van der Waals surface area contributed by atoms with Gasteiger partial charge in [0.05, 0.1) is 34.2 Å². The van der Waals surface area contributed by atoms with Crippen LogP contribution in [0.15, 0.2) is 152 Å². The zero-order chi connectivity index (χ0) is 41.6. The summed E-state index contributed by atoms with van der Waals surface area (Å²) in [4.78, 5) is 5.02. The quantitative estimate of drug-likeness (QED) is 0.130. The highest BCUT2D eigenvalue weighted by molar-refractivity contribution is 6.09. The van der Waals surface area contributed by atoms with E-state index in [-0.39, 0.29) is 15.3 Å². The molecule has 4 aliphatic rings. The average Bonchev–Trinajstić information content (AvgIpc) is 3.90. The maximum Gasteiger partial charge on any atom is 0.181 e. The van der Waals surface area contributed by atoms with Crippen molar-refractivity contribution in [3.8, 4) is 16.9 Å². The molecule has 2 aromatic heterocycles. The van der Waals surface area contributed by atoms with Crippen molar-refractivity contribution in [1.29, 1.82) is 0 Å². The van der Waals surface area contributed by atoms with Crippen LogP contribution in [-0.2, 0) is 16.2 Å². The van der Waals surface area contributed by atoms with Gasteiger partial charge >= 0.3 is 0 Å². The van der Waals surface area contributed by atoms with Crippen LogP contribution in [0.1, 0.15) is 79.0 Å². The Hall–Kier alpha value is -5.81. The van der Waals surface area contributed by atoms with Gasteiger partial charge in [0.1, 0.15) is 11.5 Å². The molecular formula is C53H49N4+. The third-order valence-corrected chi connectivity index (χ3v) is 13.2. The van der Waals surface area contributed by atoms with Crippen molar-refractivity contribution in [2.45, 2.75) is 57.8 Å². The molecule has 57 heavy (non-hydrogen) atoms. The number of para-hydroxylation sites is 1. The SMILES string of the molecule is [2H]C([2H])([2H])[N@+]12[CH-][N@+](c3cccc(C4(c5ccc6c7ccccc7n(-c7cc(C(C)(C)C)ccn7)c6c5)c5ccccc5-c5ccccc54)c3)(C1)c1cc(C(C)(C)C)ccc12. The van der Waals surface area contributed by atoms with Crippen molar-refractivity contribution in [3.05, 3.63) is 192 Å². The lowest BCUT2D eigenvalue weighted by atomic mass is 9.67. The molecular weight excluding hydrogens is 693 g/mol. The van der Waals surface area contributed by atoms with Gasteiger partial charge in [0.15, 0.2) is 18.0 Å². The highest BCUT2D eigenvalue weighted by Crippen LogP contribution is 2.62. The van der Waals surface area contributed by atoms with E-state index in [0.717, 1.165) is 45.0 Å². The Labute approximate surface area is 340 Å². The maximum atomic E-state index is 8.79. The molecule has 8 aromatic rings. The van der Waals surface area contributed by atoms with Gasteiger partial charge in [0.25, 0.3) is 0 Å². The minimum atomic E-state index is -2.23. The molecule has 2 atom stereocenters. The fourth-order valence-corrected chi connectivity index (χ4v) is 10.3. The molecule has 5 heterocycles.